The van der Waals surface area contributed by atoms with E-state index in [9.17, 15) is 28.8 Å². The number of guanidine groups is 1. The summed E-state index contributed by atoms with van der Waals surface area (Å²) >= 11 is 0. The van der Waals surface area contributed by atoms with E-state index < -0.39 is 53.2 Å². The number of primary amides is 1. The van der Waals surface area contributed by atoms with Crippen molar-refractivity contribution in [1.82, 2.24) is 31.6 Å². The predicted molar refractivity (Wildman–Crippen MR) is 258 cm³/mol. The highest BCUT2D eigenvalue weighted by atomic mass is 16.2. The fourth-order valence-electron chi connectivity index (χ4n) is 8.64. The molecule has 3 atom stereocenters. The average molecular weight is 911 g/mol. The van der Waals surface area contributed by atoms with Crippen LogP contribution in [0.4, 0.5) is 0 Å². The molecule has 1 saturated carbocycles. The van der Waals surface area contributed by atoms with E-state index in [1.165, 1.54) is 5.56 Å². The number of carbonyl (C=O) groups excluding carboxylic acids is 6. The first-order valence-corrected chi connectivity index (χ1v) is 22.9. The van der Waals surface area contributed by atoms with Crippen LogP contribution in [0.1, 0.15) is 96.8 Å². The SMILES string of the molecule is CCCC(=O)NC1(C(=O)N[C@H](Cc2ccccc2)C(=O)N[C@@H](CCCN=C(N)N)C(=O)N[C@@H](Cc2c[nH]c3ccccc23)C(=O)NCc2ccc(C(N)=O)cc2)CCC(c2ccccc2)CC1. The van der Waals surface area contributed by atoms with Gasteiger partial charge in [0.1, 0.15) is 23.7 Å². The Morgan fingerprint density at radius 1 is 0.716 bits per heavy atom. The average Bonchev–Trinajstić information content (AvgIpc) is 3.74. The maximum Gasteiger partial charge on any atom is 0.248 e. The fraction of sp³-hybridized carbons (Fsp3) is 0.353. The second-order valence-electron chi connectivity index (χ2n) is 17.2. The summed E-state index contributed by atoms with van der Waals surface area (Å²) in [5, 5.41) is 15.7. The minimum atomic E-state index is -1.27. The Morgan fingerprint density at radius 3 is 2.01 bits per heavy atom. The fourth-order valence-corrected chi connectivity index (χ4v) is 8.64. The van der Waals surface area contributed by atoms with Crippen LogP contribution < -0.4 is 43.8 Å². The zero-order valence-corrected chi connectivity index (χ0v) is 37.9. The van der Waals surface area contributed by atoms with Gasteiger partial charge in [-0.25, -0.2) is 0 Å². The van der Waals surface area contributed by atoms with Crippen LogP contribution >= 0.6 is 0 Å². The maximum atomic E-state index is 14.7. The van der Waals surface area contributed by atoms with E-state index in [4.69, 9.17) is 17.2 Å². The number of rotatable bonds is 22. The van der Waals surface area contributed by atoms with E-state index in [0.29, 0.717) is 43.2 Å². The molecule has 6 amide bonds. The van der Waals surface area contributed by atoms with Crippen molar-refractivity contribution < 1.29 is 28.8 Å². The van der Waals surface area contributed by atoms with Crippen molar-refractivity contribution in [3.05, 3.63) is 143 Å². The number of carbonyl (C=O) groups is 6. The van der Waals surface area contributed by atoms with Gasteiger partial charge in [0.05, 0.1) is 0 Å². The van der Waals surface area contributed by atoms with Crippen molar-refractivity contribution >= 4 is 52.3 Å². The van der Waals surface area contributed by atoms with Crippen LogP contribution in [0.15, 0.2) is 120 Å². The van der Waals surface area contributed by atoms with Crippen LogP contribution in [0.25, 0.3) is 10.9 Å². The lowest BCUT2D eigenvalue weighted by molar-refractivity contribution is -0.138. The molecule has 1 aromatic heterocycles. The molecule has 0 radical (unpaired) electrons. The van der Waals surface area contributed by atoms with E-state index >= 15 is 0 Å². The summed E-state index contributed by atoms with van der Waals surface area (Å²) in [5.74, 6) is -3.00. The quantitative estimate of drug-likeness (QED) is 0.0279. The third-order valence-corrected chi connectivity index (χ3v) is 12.3. The van der Waals surface area contributed by atoms with Crippen molar-refractivity contribution in [2.45, 2.75) is 107 Å². The Bertz CT molecular complexity index is 2500. The molecule has 0 saturated heterocycles. The molecule has 6 rings (SSSR count). The number of para-hydroxylation sites is 1. The molecule has 0 spiro atoms. The zero-order valence-electron chi connectivity index (χ0n) is 37.9. The van der Waals surface area contributed by atoms with Crippen LogP contribution in [-0.2, 0) is 43.4 Å². The third-order valence-electron chi connectivity index (χ3n) is 12.3. The van der Waals surface area contributed by atoms with E-state index in [0.717, 1.165) is 22.0 Å². The maximum absolute atomic E-state index is 14.7. The summed E-state index contributed by atoms with van der Waals surface area (Å²) in [6.45, 7) is 2.14. The summed E-state index contributed by atoms with van der Waals surface area (Å²) in [7, 11) is 0. The first-order chi connectivity index (χ1) is 32.3. The Hall–Kier alpha value is -7.49. The molecule has 67 heavy (non-hydrogen) atoms. The molecule has 0 bridgehead atoms. The van der Waals surface area contributed by atoms with E-state index in [-0.39, 0.29) is 63.0 Å². The van der Waals surface area contributed by atoms with Crippen LogP contribution in [0.2, 0.25) is 0 Å². The number of benzene rings is 4. The number of hydrogen-bond donors (Lipinski definition) is 9. The van der Waals surface area contributed by atoms with E-state index in [1.807, 2.05) is 79.7 Å². The minimum Gasteiger partial charge on any atom is -0.370 e. The van der Waals surface area contributed by atoms with Crippen molar-refractivity contribution in [3.8, 4) is 0 Å². The number of nitrogens with one attached hydrogen (secondary N) is 6. The second-order valence-corrected chi connectivity index (χ2v) is 17.2. The van der Waals surface area contributed by atoms with Gasteiger partial charge >= 0.3 is 0 Å². The molecule has 0 unspecified atom stereocenters. The summed E-state index contributed by atoms with van der Waals surface area (Å²) in [6, 6.07) is 29.9. The number of aliphatic imine (C=N–C) groups is 1. The molecule has 352 valence electrons. The molecule has 1 heterocycles. The number of hydrogen-bond acceptors (Lipinski definition) is 7. The summed E-state index contributed by atoms with van der Waals surface area (Å²) < 4.78 is 0. The summed E-state index contributed by atoms with van der Waals surface area (Å²) in [6.07, 6.45) is 5.18. The van der Waals surface area contributed by atoms with Crippen molar-refractivity contribution in [2.24, 2.45) is 22.2 Å². The molecule has 1 aliphatic carbocycles. The van der Waals surface area contributed by atoms with Gasteiger partial charge in [-0.05, 0) is 91.3 Å². The van der Waals surface area contributed by atoms with Crippen LogP contribution in [-0.4, -0.2) is 76.6 Å². The number of aromatic amines is 1. The van der Waals surface area contributed by atoms with Crippen molar-refractivity contribution in [1.29, 1.82) is 0 Å². The first-order valence-electron chi connectivity index (χ1n) is 22.9. The molecule has 4 aromatic carbocycles. The highest BCUT2D eigenvalue weighted by molar-refractivity contribution is 5.97. The lowest BCUT2D eigenvalue weighted by Gasteiger charge is -2.40. The molecular weight excluding hydrogens is 849 g/mol. The molecule has 16 heteroatoms. The number of amides is 6. The number of aromatic nitrogens is 1. The van der Waals surface area contributed by atoms with Gasteiger partial charge in [0.15, 0.2) is 5.96 Å². The third kappa shape index (κ3) is 13.8. The van der Waals surface area contributed by atoms with Gasteiger partial charge in [0.25, 0.3) is 0 Å². The Labute approximate surface area is 390 Å². The smallest absolute Gasteiger partial charge is 0.248 e. The number of H-pyrrole nitrogens is 1. The Balaban J connectivity index is 1.25. The molecule has 1 aliphatic rings. The van der Waals surface area contributed by atoms with Gasteiger partial charge in [-0.3, -0.25) is 33.8 Å². The van der Waals surface area contributed by atoms with Gasteiger partial charge in [0, 0.05) is 55.0 Å². The van der Waals surface area contributed by atoms with E-state index in [1.54, 1.807) is 30.5 Å². The summed E-state index contributed by atoms with van der Waals surface area (Å²) in [4.78, 5) is 90.1. The van der Waals surface area contributed by atoms with Crippen molar-refractivity contribution in [3.63, 3.8) is 0 Å². The van der Waals surface area contributed by atoms with Gasteiger partial charge in [-0.1, -0.05) is 97.9 Å². The highest BCUT2D eigenvalue weighted by Crippen LogP contribution is 2.38. The number of nitrogens with zero attached hydrogens (tertiary/aromatic N) is 1. The topological polar surface area (TPSA) is 269 Å². The second kappa shape index (κ2) is 23.6. The molecule has 1 fully saturated rings. The van der Waals surface area contributed by atoms with Gasteiger partial charge in [-0.2, -0.15) is 0 Å². The Kier molecular flexibility index (Phi) is 17.3. The van der Waals surface area contributed by atoms with E-state index in [2.05, 4.69) is 48.7 Å². The minimum absolute atomic E-state index is 0.0753. The van der Waals surface area contributed by atoms with Gasteiger partial charge in [0.2, 0.25) is 35.4 Å². The monoisotopic (exact) mass is 910 g/mol. The van der Waals surface area contributed by atoms with Crippen LogP contribution in [0, 0.1) is 0 Å². The number of fused-ring (bicyclic) bond motifs is 1. The molecular formula is C51H62N10O6. The summed E-state index contributed by atoms with van der Waals surface area (Å²) in [5.41, 5.74) is 19.9. The van der Waals surface area contributed by atoms with Crippen LogP contribution in [0.5, 0.6) is 0 Å². The molecule has 0 aliphatic heterocycles. The lowest BCUT2D eigenvalue weighted by Crippen LogP contribution is -2.64. The lowest BCUT2D eigenvalue weighted by atomic mass is 9.73. The van der Waals surface area contributed by atoms with Gasteiger partial charge in [-0.15, -0.1) is 0 Å². The predicted octanol–water partition coefficient (Wildman–Crippen LogP) is 3.89. The number of nitrogens with two attached hydrogens (primary N) is 3. The Morgan fingerprint density at radius 2 is 1.34 bits per heavy atom. The molecule has 12 N–H and O–H groups in total. The van der Waals surface area contributed by atoms with Gasteiger partial charge < -0.3 is 48.8 Å². The normalized spacial score (nSPS) is 16.9. The first kappa shape index (κ1) is 49.0. The zero-order chi connectivity index (χ0) is 47.8. The highest BCUT2D eigenvalue weighted by Gasteiger charge is 2.44. The largest absolute Gasteiger partial charge is 0.370 e. The van der Waals surface area contributed by atoms with Crippen LogP contribution in [0.3, 0.4) is 0 Å². The molecule has 16 nitrogen and oxygen atoms in total. The standard InChI is InChI=1S/C51H62N10O6/c1-2-12-44(62)61-51(26-24-36(25-27-51)35-15-7-4-8-16-35)49(67)60-42(29-33-13-5-3-6-14-33)48(66)58-41(19-11-28-55-50(53)54)47(65)59-43(30-38-32-56-40-18-10-9-17-39(38)40)46(64)57-31-34-20-22-37(23-21-34)45(52)63/h3-10,13-18,20-23,32,36,41-43,56H,2,11-12,19,24-31H2,1H3,(H2,52,63)(H,57,64)(H,58,66)(H,59,65)(H,60,67)(H,61,62)(H4,53,54,55)/t36?,41-,42+,43-,51?/m0/s1. The van der Waals surface area contributed by atoms with Crippen molar-refractivity contribution in [2.75, 3.05) is 6.54 Å². The molecule has 5 aromatic rings.